The molecule has 4 unspecified atom stereocenters. The van der Waals surface area contributed by atoms with Gasteiger partial charge in [0.25, 0.3) is 0 Å². The molecule has 2 heterocycles. The number of fused-ring (bicyclic) bond motifs is 2. The average Bonchev–Trinajstić information content (AvgIpc) is 3.04. The Morgan fingerprint density at radius 2 is 2.05 bits per heavy atom. The van der Waals surface area contributed by atoms with E-state index in [4.69, 9.17) is 0 Å². The number of rotatable bonds is 4. The van der Waals surface area contributed by atoms with E-state index in [1.165, 1.54) is 10.5 Å². The second-order valence-electron chi connectivity index (χ2n) is 5.88. The van der Waals surface area contributed by atoms with Crippen molar-refractivity contribution in [1.82, 2.24) is 4.90 Å². The van der Waals surface area contributed by atoms with Gasteiger partial charge in [-0.1, -0.05) is 12.1 Å². The molecular weight excluding hydrogens is 270 g/mol. The third kappa shape index (κ3) is 2.25. The lowest BCUT2D eigenvalue weighted by Gasteiger charge is -2.30. The summed E-state index contributed by atoms with van der Waals surface area (Å²) >= 11 is 1.75. The molecule has 1 N–H and O–H groups in total. The first-order valence-corrected chi connectivity index (χ1v) is 8.48. The van der Waals surface area contributed by atoms with Gasteiger partial charge in [0.1, 0.15) is 0 Å². The summed E-state index contributed by atoms with van der Waals surface area (Å²) in [5.41, 5.74) is 1.30. The molecule has 1 aromatic carbocycles. The van der Waals surface area contributed by atoms with Crippen molar-refractivity contribution >= 4 is 17.7 Å². The van der Waals surface area contributed by atoms with Gasteiger partial charge in [-0.05, 0) is 50.1 Å². The van der Waals surface area contributed by atoms with Gasteiger partial charge in [0.05, 0.1) is 5.92 Å². The maximum atomic E-state index is 11.4. The number of carboxylic acid groups (broad SMARTS) is 1. The standard InChI is InChI=1S/C16H21NO2S/c1-10(11-3-6-13(20-2)7-4-11)17-12-5-8-15(17)14(9-12)16(18)19/h3-4,6-7,10,12,14-15H,5,8-9H2,1-2H3,(H,18,19). The predicted molar refractivity (Wildman–Crippen MR) is 81.0 cm³/mol. The quantitative estimate of drug-likeness (QED) is 0.863. The van der Waals surface area contributed by atoms with E-state index in [2.05, 4.69) is 42.3 Å². The smallest absolute Gasteiger partial charge is 0.308 e. The highest BCUT2D eigenvalue weighted by atomic mass is 32.2. The molecule has 0 saturated carbocycles. The van der Waals surface area contributed by atoms with E-state index in [1.54, 1.807) is 11.8 Å². The van der Waals surface area contributed by atoms with E-state index in [-0.39, 0.29) is 12.0 Å². The molecule has 3 nitrogen and oxygen atoms in total. The molecule has 0 radical (unpaired) electrons. The summed E-state index contributed by atoms with van der Waals surface area (Å²) < 4.78 is 0. The Bertz CT molecular complexity index is 502. The van der Waals surface area contributed by atoms with Crippen molar-refractivity contribution in [3.63, 3.8) is 0 Å². The molecule has 2 fully saturated rings. The normalized spacial score (nSPS) is 30.6. The fraction of sp³-hybridized carbons (Fsp3) is 0.562. The van der Waals surface area contributed by atoms with Crippen molar-refractivity contribution in [3.8, 4) is 0 Å². The lowest BCUT2D eigenvalue weighted by atomic mass is 9.89. The molecule has 108 valence electrons. The first kappa shape index (κ1) is 14.0. The first-order valence-electron chi connectivity index (χ1n) is 7.26. The minimum absolute atomic E-state index is 0.165. The largest absolute Gasteiger partial charge is 0.481 e. The van der Waals surface area contributed by atoms with Crippen LogP contribution in [0.4, 0.5) is 0 Å². The SMILES string of the molecule is CSc1ccc(C(C)N2C3CCC2C(C(=O)O)C3)cc1. The van der Waals surface area contributed by atoms with Crippen LogP contribution in [0.15, 0.2) is 29.2 Å². The molecule has 1 aromatic rings. The Labute approximate surface area is 124 Å². The van der Waals surface area contributed by atoms with Crippen molar-refractivity contribution in [1.29, 1.82) is 0 Å². The fourth-order valence-corrected chi connectivity index (χ4v) is 4.36. The first-order chi connectivity index (χ1) is 9.61. The zero-order valence-corrected chi connectivity index (χ0v) is 12.8. The molecule has 0 aliphatic carbocycles. The summed E-state index contributed by atoms with van der Waals surface area (Å²) in [4.78, 5) is 15.1. The molecule has 2 bridgehead atoms. The summed E-state index contributed by atoms with van der Waals surface area (Å²) in [7, 11) is 0. The van der Waals surface area contributed by atoms with E-state index in [0.29, 0.717) is 12.1 Å². The van der Waals surface area contributed by atoms with Crippen molar-refractivity contribution in [2.45, 2.75) is 49.2 Å². The second kappa shape index (κ2) is 5.41. The maximum Gasteiger partial charge on any atom is 0.308 e. The number of hydrogen-bond donors (Lipinski definition) is 1. The molecule has 4 atom stereocenters. The van der Waals surface area contributed by atoms with E-state index < -0.39 is 5.97 Å². The van der Waals surface area contributed by atoms with Gasteiger partial charge in [0.2, 0.25) is 0 Å². The lowest BCUT2D eigenvalue weighted by molar-refractivity contribution is -0.142. The highest BCUT2D eigenvalue weighted by Gasteiger charge is 2.50. The Kier molecular flexibility index (Phi) is 3.78. The van der Waals surface area contributed by atoms with Gasteiger partial charge >= 0.3 is 5.97 Å². The maximum absolute atomic E-state index is 11.4. The number of aliphatic carboxylic acids is 1. The monoisotopic (exact) mass is 291 g/mol. The van der Waals surface area contributed by atoms with Crippen LogP contribution in [0.1, 0.15) is 37.8 Å². The Morgan fingerprint density at radius 1 is 1.35 bits per heavy atom. The van der Waals surface area contributed by atoms with Crippen LogP contribution in [0, 0.1) is 5.92 Å². The van der Waals surface area contributed by atoms with Crippen LogP contribution in [0.2, 0.25) is 0 Å². The van der Waals surface area contributed by atoms with Gasteiger partial charge in [-0.2, -0.15) is 0 Å². The van der Waals surface area contributed by atoms with Crippen LogP contribution in [0.5, 0.6) is 0 Å². The molecule has 4 heteroatoms. The highest BCUT2D eigenvalue weighted by molar-refractivity contribution is 7.98. The minimum Gasteiger partial charge on any atom is -0.481 e. The van der Waals surface area contributed by atoms with Crippen LogP contribution >= 0.6 is 11.8 Å². The molecule has 0 spiro atoms. The molecule has 2 aliphatic heterocycles. The molecule has 3 rings (SSSR count). The van der Waals surface area contributed by atoms with Crippen LogP contribution in [-0.2, 0) is 4.79 Å². The summed E-state index contributed by atoms with van der Waals surface area (Å²) in [6.45, 7) is 2.21. The van der Waals surface area contributed by atoms with Crippen molar-refractivity contribution in [2.75, 3.05) is 6.26 Å². The molecule has 20 heavy (non-hydrogen) atoms. The summed E-state index contributed by atoms with van der Waals surface area (Å²) in [6, 6.07) is 9.68. The van der Waals surface area contributed by atoms with Crippen molar-refractivity contribution in [3.05, 3.63) is 29.8 Å². The number of carbonyl (C=O) groups is 1. The van der Waals surface area contributed by atoms with Gasteiger partial charge < -0.3 is 5.11 Å². The number of nitrogens with zero attached hydrogens (tertiary/aromatic N) is 1. The van der Waals surface area contributed by atoms with Gasteiger partial charge in [-0.3, -0.25) is 9.69 Å². The number of thioether (sulfide) groups is 1. The van der Waals surface area contributed by atoms with Gasteiger partial charge in [-0.25, -0.2) is 0 Å². The third-order valence-corrected chi connectivity index (χ3v) is 5.70. The molecule has 2 saturated heterocycles. The Hall–Kier alpha value is -1.00. The van der Waals surface area contributed by atoms with Crippen LogP contribution in [0.25, 0.3) is 0 Å². The lowest BCUT2D eigenvalue weighted by Crippen LogP contribution is -2.34. The zero-order valence-electron chi connectivity index (χ0n) is 12.0. The van der Waals surface area contributed by atoms with Crippen molar-refractivity contribution in [2.24, 2.45) is 5.92 Å². The summed E-state index contributed by atoms with van der Waals surface area (Å²) in [5, 5.41) is 9.34. The fourth-order valence-electron chi connectivity index (χ4n) is 3.95. The summed E-state index contributed by atoms with van der Waals surface area (Å²) in [5.74, 6) is -0.784. The van der Waals surface area contributed by atoms with E-state index in [9.17, 15) is 9.90 Å². The van der Waals surface area contributed by atoms with Crippen LogP contribution in [0.3, 0.4) is 0 Å². The van der Waals surface area contributed by atoms with E-state index >= 15 is 0 Å². The molecule has 0 aromatic heterocycles. The number of carboxylic acids is 1. The number of benzene rings is 1. The van der Waals surface area contributed by atoms with Crippen LogP contribution in [-0.4, -0.2) is 34.3 Å². The van der Waals surface area contributed by atoms with Crippen molar-refractivity contribution < 1.29 is 9.90 Å². The Morgan fingerprint density at radius 3 is 2.60 bits per heavy atom. The number of hydrogen-bond acceptors (Lipinski definition) is 3. The molecular formula is C16H21NO2S. The van der Waals surface area contributed by atoms with Gasteiger partial charge in [0, 0.05) is 23.0 Å². The topological polar surface area (TPSA) is 40.5 Å². The predicted octanol–water partition coefficient (Wildman–Crippen LogP) is 3.41. The Balaban J connectivity index is 1.80. The van der Waals surface area contributed by atoms with E-state index in [1.807, 2.05) is 0 Å². The minimum atomic E-state index is -0.618. The zero-order chi connectivity index (χ0) is 14.3. The molecule has 0 amide bonds. The average molecular weight is 291 g/mol. The summed E-state index contributed by atoms with van der Waals surface area (Å²) in [6.07, 6.45) is 5.10. The third-order valence-electron chi connectivity index (χ3n) is 4.95. The van der Waals surface area contributed by atoms with Gasteiger partial charge in [-0.15, -0.1) is 11.8 Å². The van der Waals surface area contributed by atoms with E-state index in [0.717, 1.165) is 19.3 Å². The second-order valence-corrected chi connectivity index (χ2v) is 6.75. The highest BCUT2D eigenvalue weighted by Crippen LogP contribution is 2.46. The van der Waals surface area contributed by atoms with Crippen LogP contribution < -0.4 is 0 Å². The van der Waals surface area contributed by atoms with Gasteiger partial charge in [0.15, 0.2) is 0 Å². The molecule has 2 aliphatic rings.